The van der Waals surface area contributed by atoms with Crippen LogP contribution in [-0.2, 0) is 10.0 Å². The molecule has 1 aliphatic carbocycles. The van der Waals surface area contributed by atoms with Crippen molar-refractivity contribution in [2.45, 2.75) is 58.4 Å². The summed E-state index contributed by atoms with van der Waals surface area (Å²) in [6.07, 6.45) is 5.28. The van der Waals surface area contributed by atoms with E-state index in [1.54, 1.807) is 0 Å². The lowest BCUT2D eigenvalue weighted by molar-refractivity contribution is 0.296. The van der Waals surface area contributed by atoms with Gasteiger partial charge in [-0.25, -0.2) is 13.1 Å². The fourth-order valence-electron chi connectivity index (χ4n) is 2.31. The van der Waals surface area contributed by atoms with Crippen LogP contribution in [0.3, 0.4) is 0 Å². The molecule has 0 bridgehead atoms. The number of nitrogens with two attached hydrogens (primary N) is 1. The van der Waals surface area contributed by atoms with Gasteiger partial charge in [0, 0.05) is 12.1 Å². The molecule has 0 unspecified atom stereocenters. The minimum atomic E-state index is -3.21. The first-order valence-corrected chi connectivity index (χ1v) is 8.03. The zero-order chi connectivity index (χ0) is 13.2. The van der Waals surface area contributed by atoms with E-state index in [9.17, 15) is 8.42 Å². The standard InChI is InChI=1S/C12H26N2O2S.ClH/c1-11(2,3)10-17(15,16)14-9-12(13)7-5-4-6-8-12;/h14H,4-10,13H2,1-3H3;1H. The van der Waals surface area contributed by atoms with Gasteiger partial charge in [-0.05, 0) is 18.3 Å². The van der Waals surface area contributed by atoms with Crippen molar-refractivity contribution in [3.63, 3.8) is 0 Å². The largest absolute Gasteiger partial charge is 0.324 e. The molecule has 0 radical (unpaired) electrons. The Bertz CT molecular complexity index is 344. The number of nitrogens with one attached hydrogen (secondary N) is 1. The normalized spacial score (nSPS) is 20.2. The molecule has 0 amide bonds. The third kappa shape index (κ3) is 6.92. The fourth-order valence-corrected chi connectivity index (χ4v) is 4.06. The van der Waals surface area contributed by atoms with Crippen LogP contribution in [0.15, 0.2) is 0 Å². The van der Waals surface area contributed by atoms with Crippen LogP contribution < -0.4 is 10.5 Å². The van der Waals surface area contributed by atoms with Crippen LogP contribution in [0, 0.1) is 5.41 Å². The second kappa shape index (κ2) is 6.55. The van der Waals surface area contributed by atoms with Gasteiger partial charge >= 0.3 is 0 Å². The summed E-state index contributed by atoms with van der Waals surface area (Å²) < 4.78 is 26.4. The van der Waals surface area contributed by atoms with Crippen molar-refractivity contribution in [1.82, 2.24) is 4.72 Å². The summed E-state index contributed by atoms with van der Waals surface area (Å²) in [7, 11) is -3.21. The highest BCUT2D eigenvalue weighted by Gasteiger charge is 2.30. The lowest BCUT2D eigenvalue weighted by atomic mass is 9.83. The minimum Gasteiger partial charge on any atom is -0.324 e. The first-order chi connectivity index (χ1) is 7.62. The van der Waals surface area contributed by atoms with Gasteiger partial charge in [-0.15, -0.1) is 12.4 Å². The number of hydrogen-bond donors (Lipinski definition) is 2. The van der Waals surface area contributed by atoms with Crippen molar-refractivity contribution in [2.24, 2.45) is 11.1 Å². The van der Waals surface area contributed by atoms with Crippen LogP contribution in [0.5, 0.6) is 0 Å². The van der Waals surface area contributed by atoms with Gasteiger partial charge in [-0.2, -0.15) is 0 Å². The van der Waals surface area contributed by atoms with Crippen molar-refractivity contribution in [1.29, 1.82) is 0 Å². The Hall–Kier alpha value is 0.160. The quantitative estimate of drug-likeness (QED) is 0.834. The molecular formula is C12H27ClN2O2S. The molecule has 1 saturated carbocycles. The fraction of sp³-hybridized carbons (Fsp3) is 1.00. The summed E-state index contributed by atoms with van der Waals surface area (Å²) >= 11 is 0. The Morgan fingerprint density at radius 1 is 1.17 bits per heavy atom. The van der Waals surface area contributed by atoms with E-state index < -0.39 is 10.0 Å². The molecule has 4 nitrogen and oxygen atoms in total. The molecule has 1 fully saturated rings. The predicted octanol–water partition coefficient (Wildman–Crippen LogP) is 2.04. The van der Waals surface area contributed by atoms with Gasteiger partial charge in [0.2, 0.25) is 10.0 Å². The molecule has 0 aromatic carbocycles. The van der Waals surface area contributed by atoms with E-state index in [2.05, 4.69) is 4.72 Å². The molecule has 6 heteroatoms. The number of rotatable bonds is 4. The molecule has 1 aliphatic rings. The molecule has 110 valence electrons. The molecule has 18 heavy (non-hydrogen) atoms. The molecule has 0 aliphatic heterocycles. The highest BCUT2D eigenvalue weighted by Crippen LogP contribution is 2.25. The zero-order valence-corrected chi connectivity index (χ0v) is 13.3. The van der Waals surface area contributed by atoms with Crippen molar-refractivity contribution in [2.75, 3.05) is 12.3 Å². The first-order valence-electron chi connectivity index (χ1n) is 6.38. The SMILES string of the molecule is CC(C)(C)CS(=O)(=O)NCC1(N)CCCCC1.Cl. The summed E-state index contributed by atoms with van der Waals surface area (Å²) in [6, 6.07) is 0. The lowest BCUT2D eigenvalue weighted by Crippen LogP contribution is -2.52. The van der Waals surface area contributed by atoms with Crippen molar-refractivity contribution in [3.05, 3.63) is 0 Å². The van der Waals surface area contributed by atoms with Gasteiger partial charge in [0.25, 0.3) is 0 Å². The van der Waals surface area contributed by atoms with Gasteiger partial charge in [-0.1, -0.05) is 40.0 Å². The molecule has 3 N–H and O–H groups in total. The Balaban J connectivity index is 0.00000289. The maximum atomic E-state index is 11.9. The average molecular weight is 299 g/mol. The van der Waals surface area contributed by atoms with Crippen LogP contribution >= 0.6 is 12.4 Å². The van der Waals surface area contributed by atoms with Gasteiger partial charge < -0.3 is 5.73 Å². The average Bonchev–Trinajstić information content (AvgIpc) is 2.13. The first kappa shape index (κ1) is 18.2. The topological polar surface area (TPSA) is 72.2 Å². The summed E-state index contributed by atoms with van der Waals surface area (Å²) in [4.78, 5) is 0. The van der Waals surface area contributed by atoms with Gasteiger partial charge in [-0.3, -0.25) is 0 Å². The summed E-state index contributed by atoms with van der Waals surface area (Å²) in [6.45, 7) is 6.15. The molecule has 0 atom stereocenters. The van der Waals surface area contributed by atoms with Crippen molar-refractivity contribution in [3.8, 4) is 0 Å². The lowest BCUT2D eigenvalue weighted by Gasteiger charge is -2.33. The molecule has 0 spiro atoms. The minimum absolute atomic E-state index is 0. The smallest absolute Gasteiger partial charge is 0.212 e. The van der Waals surface area contributed by atoms with Crippen molar-refractivity contribution < 1.29 is 8.42 Å². The molecule has 0 saturated heterocycles. The third-order valence-electron chi connectivity index (χ3n) is 3.12. The Morgan fingerprint density at radius 2 is 1.67 bits per heavy atom. The summed E-state index contributed by atoms with van der Waals surface area (Å²) in [5.41, 5.74) is 5.65. The van der Waals surface area contributed by atoms with E-state index in [4.69, 9.17) is 5.73 Å². The van der Waals surface area contributed by atoms with Crippen molar-refractivity contribution >= 4 is 22.4 Å². The maximum Gasteiger partial charge on any atom is 0.212 e. The van der Waals surface area contributed by atoms with E-state index in [0.29, 0.717) is 6.54 Å². The Morgan fingerprint density at radius 3 is 2.11 bits per heavy atom. The summed E-state index contributed by atoms with van der Waals surface area (Å²) in [5, 5.41) is 0. The number of halogens is 1. The highest BCUT2D eigenvalue weighted by molar-refractivity contribution is 7.89. The third-order valence-corrected chi connectivity index (χ3v) is 4.95. The zero-order valence-electron chi connectivity index (χ0n) is 11.7. The molecule has 0 heterocycles. The monoisotopic (exact) mass is 298 g/mol. The molecule has 1 rings (SSSR count). The van der Waals surface area contributed by atoms with Crippen LogP contribution in [0.25, 0.3) is 0 Å². The van der Waals surface area contributed by atoms with E-state index >= 15 is 0 Å². The summed E-state index contributed by atoms with van der Waals surface area (Å²) in [5.74, 6) is 0.149. The van der Waals surface area contributed by atoms with Crippen LogP contribution in [0.2, 0.25) is 0 Å². The second-order valence-electron chi connectivity index (χ2n) is 6.56. The van der Waals surface area contributed by atoms with E-state index in [-0.39, 0.29) is 29.1 Å². The van der Waals surface area contributed by atoms with E-state index in [0.717, 1.165) is 25.7 Å². The van der Waals surface area contributed by atoms with Crippen LogP contribution in [0.4, 0.5) is 0 Å². The number of sulfonamides is 1. The predicted molar refractivity (Wildman–Crippen MR) is 78.5 cm³/mol. The molecule has 0 aromatic heterocycles. The van der Waals surface area contributed by atoms with Gasteiger partial charge in [0.05, 0.1) is 5.75 Å². The van der Waals surface area contributed by atoms with E-state index in [1.165, 1.54) is 6.42 Å². The second-order valence-corrected chi connectivity index (χ2v) is 8.37. The van der Waals surface area contributed by atoms with Crippen LogP contribution in [0.1, 0.15) is 52.9 Å². The van der Waals surface area contributed by atoms with Gasteiger partial charge in [0.15, 0.2) is 0 Å². The Labute approximate surface area is 118 Å². The maximum absolute atomic E-state index is 11.9. The number of hydrogen-bond acceptors (Lipinski definition) is 3. The highest BCUT2D eigenvalue weighted by atomic mass is 35.5. The molecular weight excluding hydrogens is 272 g/mol. The van der Waals surface area contributed by atoms with Crippen LogP contribution in [-0.4, -0.2) is 26.3 Å². The van der Waals surface area contributed by atoms with Gasteiger partial charge in [0.1, 0.15) is 0 Å². The van der Waals surface area contributed by atoms with E-state index in [1.807, 2.05) is 20.8 Å². The molecule has 0 aromatic rings. The Kier molecular flexibility index (Phi) is 6.61.